The minimum Gasteiger partial charge on any atom is -0.384 e. The summed E-state index contributed by atoms with van der Waals surface area (Å²) in [7, 11) is 0. The standard InChI is InChI=1S/C13H16BrN3/c1-2-3-4-11-9-13(15)17(16-11)12-7-5-10(14)6-8-12/h5-9H,2-4,15H2,1H3. The first-order valence-corrected chi connectivity index (χ1v) is 6.60. The lowest BCUT2D eigenvalue weighted by Crippen LogP contribution is -2.01. The lowest BCUT2D eigenvalue weighted by Gasteiger charge is -2.03. The highest BCUT2D eigenvalue weighted by molar-refractivity contribution is 9.10. The van der Waals surface area contributed by atoms with Gasteiger partial charge < -0.3 is 5.73 Å². The lowest BCUT2D eigenvalue weighted by molar-refractivity contribution is 0.753. The second-order valence-electron chi connectivity index (χ2n) is 4.05. The molecule has 1 aromatic carbocycles. The van der Waals surface area contributed by atoms with E-state index in [2.05, 4.69) is 28.0 Å². The van der Waals surface area contributed by atoms with Crippen LogP contribution >= 0.6 is 15.9 Å². The Morgan fingerprint density at radius 2 is 2.00 bits per heavy atom. The largest absolute Gasteiger partial charge is 0.384 e. The minimum atomic E-state index is 0.693. The summed E-state index contributed by atoms with van der Waals surface area (Å²) in [6, 6.07) is 9.93. The van der Waals surface area contributed by atoms with Crippen LogP contribution in [0.4, 0.5) is 5.82 Å². The van der Waals surface area contributed by atoms with Crippen molar-refractivity contribution in [1.82, 2.24) is 9.78 Å². The Bertz CT molecular complexity index is 488. The van der Waals surface area contributed by atoms with Crippen LogP contribution in [0.15, 0.2) is 34.8 Å². The van der Waals surface area contributed by atoms with Crippen LogP contribution in [0.5, 0.6) is 0 Å². The Balaban J connectivity index is 2.26. The molecule has 4 heteroatoms. The van der Waals surface area contributed by atoms with E-state index in [9.17, 15) is 0 Å². The Kier molecular flexibility index (Phi) is 3.84. The molecule has 2 aromatic rings. The van der Waals surface area contributed by atoms with Gasteiger partial charge in [0.1, 0.15) is 5.82 Å². The summed E-state index contributed by atoms with van der Waals surface area (Å²) in [6.45, 7) is 2.18. The van der Waals surface area contributed by atoms with Crippen LogP contribution in [0.1, 0.15) is 25.5 Å². The Morgan fingerprint density at radius 1 is 1.29 bits per heavy atom. The number of unbranched alkanes of at least 4 members (excludes halogenated alkanes) is 1. The number of benzene rings is 1. The van der Waals surface area contributed by atoms with Crippen molar-refractivity contribution in [2.45, 2.75) is 26.2 Å². The molecule has 0 aliphatic heterocycles. The van der Waals surface area contributed by atoms with Crippen molar-refractivity contribution in [1.29, 1.82) is 0 Å². The molecule has 17 heavy (non-hydrogen) atoms. The molecule has 0 atom stereocenters. The van der Waals surface area contributed by atoms with E-state index in [0.717, 1.165) is 28.7 Å². The highest BCUT2D eigenvalue weighted by atomic mass is 79.9. The van der Waals surface area contributed by atoms with E-state index in [1.54, 1.807) is 4.68 Å². The van der Waals surface area contributed by atoms with Gasteiger partial charge in [-0.15, -0.1) is 0 Å². The normalized spacial score (nSPS) is 10.7. The molecule has 1 aromatic heterocycles. The maximum absolute atomic E-state index is 5.97. The van der Waals surface area contributed by atoms with Crippen molar-refractivity contribution in [3.63, 3.8) is 0 Å². The number of aromatic nitrogens is 2. The molecule has 0 saturated carbocycles. The zero-order chi connectivity index (χ0) is 12.3. The monoisotopic (exact) mass is 293 g/mol. The third-order valence-electron chi connectivity index (χ3n) is 2.65. The fourth-order valence-corrected chi connectivity index (χ4v) is 1.98. The van der Waals surface area contributed by atoms with E-state index in [1.807, 2.05) is 30.3 Å². The number of nitrogen functional groups attached to an aromatic ring is 1. The summed E-state index contributed by atoms with van der Waals surface area (Å²) in [5.74, 6) is 0.693. The highest BCUT2D eigenvalue weighted by Crippen LogP contribution is 2.18. The fourth-order valence-electron chi connectivity index (χ4n) is 1.72. The van der Waals surface area contributed by atoms with E-state index in [0.29, 0.717) is 5.82 Å². The molecule has 0 bridgehead atoms. The molecule has 0 spiro atoms. The molecule has 0 amide bonds. The van der Waals surface area contributed by atoms with Gasteiger partial charge in [-0.3, -0.25) is 0 Å². The molecule has 0 unspecified atom stereocenters. The summed E-state index contributed by atoms with van der Waals surface area (Å²) in [6.07, 6.45) is 3.31. The second kappa shape index (κ2) is 5.36. The molecule has 2 rings (SSSR count). The number of nitrogens with zero attached hydrogens (tertiary/aromatic N) is 2. The van der Waals surface area contributed by atoms with E-state index >= 15 is 0 Å². The highest BCUT2D eigenvalue weighted by Gasteiger charge is 2.06. The number of hydrogen-bond acceptors (Lipinski definition) is 2. The van der Waals surface area contributed by atoms with Crippen LogP contribution in [0.3, 0.4) is 0 Å². The van der Waals surface area contributed by atoms with E-state index in [4.69, 9.17) is 5.73 Å². The summed E-state index contributed by atoms with van der Waals surface area (Å²) < 4.78 is 2.84. The van der Waals surface area contributed by atoms with Crippen LogP contribution in [0.25, 0.3) is 5.69 Å². The molecule has 1 heterocycles. The molecule has 90 valence electrons. The summed E-state index contributed by atoms with van der Waals surface area (Å²) in [5, 5.41) is 4.52. The topological polar surface area (TPSA) is 43.8 Å². The van der Waals surface area contributed by atoms with Crippen molar-refractivity contribution < 1.29 is 0 Å². The first-order chi connectivity index (χ1) is 8.20. The predicted octanol–water partition coefficient (Wildman–Crippen LogP) is 3.56. The fraction of sp³-hybridized carbons (Fsp3) is 0.308. The van der Waals surface area contributed by atoms with E-state index < -0.39 is 0 Å². The average molecular weight is 294 g/mol. The van der Waals surface area contributed by atoms with Crippen LogP contribution in [0, 0.1) is 0 Å². The van der Waals surface area contributed by atoms with Crippen molar-refractivity contribution in [2.24, 2.45) is 0 Å². The molecule has 0 fully saturated rings. The molecular formula is C13H16BrN3. The van der Waals surface area contributed by atoms with Gasteiger partial charge >= 0.3 is 0 Å². The first kappa shape index (κ1) is 12.2. The molecular weight excluding hydrogens is 278 g/mol. The summed E-state index contributed by atoms with van der Waals surface area (Å²) in [5.41, 5.74) is 8.03. The zero-order valence-corrected chi connectivity index (χ0v) is 11.4. The van der Waals surface area contributed by atoms with E-state index in [-0.39, 0.29) is 0 Å². The van der Waals surface area contributed by atoms with Crippen LogP contribution < -0.4 is 5.73 Å². The summed E-state index contributed by atoms with van der Waals surface area (Å²) in [4.78, 5) is 0. The SMILES string of the molecule is CCCCc1cc(N)n(-c2ccc(Br)cc2)n1. The van der Waals surface area contributed by atoms with Crippen molar-refractivity contribution in [3.8, 4) is 5.69 Å². The van der Waals surface area contributed by atoms with Crippen LogP contribution in [-0.4, -0.2) is 9.78 Å². The third kappa shape index (κ3) is 2.88. The smallest absolute Gasteiger partial charge is 0.127 e. The van der Waals surface area contributed by atoms with Gasteiger partial charge in [-0.05, 0) is 37.1 Å². The van der Waals surface area contributed by atoms with Crippen LogP contribution in [0.2, 0.25) is 0 Å². The number of halogens is 1. The van der Waals surface area contributed by atoms with Gasteiger partial charge in [-0.25, -0.2) is 4.68 Å². The van der Waals surface area contributed by atoms with Gasteiger partial charge in [0.25, 0.3) is 0 Å². The van der Waals surface area contributed by atoms with Gasteiger partial charge in [-0.1, -0.05) is 29.3 Å². The van der Waals surface area contributed by atoms with Crippen molar-refractivity contribution in [2.75, 3.05) is 5.73 Å². The number of nitrogens with two attached hydrogens (primary N) is 1. The Hall–Kier alpha value is -1.29. The van der Waals surface area contributed by atoms with Gasteiger partial charge in [-0.2, -0.15) is 5.10 Å². The number of anilines is 1. The molecule has 0 radical (unpaired) electrons. The first-order valence-electron chi connectivity index (χ1n) is 5.81. The summed E-state index contributed by atoms with van der Waals surface area (Å²) >= 11 is 3.42. The third-order valence-corrected chi connectivity index (χ3v) is 3.17. The molecule has 3 nitrogen and oxygen atoms in total. The van der Waals surface area contributed by atoms with Crippen molar-refractivity contribution >= 4 is 21.7 Å². The molecule has 2 N–H and O–H groups in total. The molecule has 0 saturated heterocycles. The number of aryl methyl sites for hydroxylation is 1. The number of hydrogen-bond donors (Lipinski definition) is 1. The van der Waals surface area contributed by atoms with E-state index in [1.165, 1.54) is 6.42 Å². The lowest BCUT2D eigenvalue weighted by atomic mass is 10.2. The van der Waals surface area contributed by atoms with Gasteiger partial charge in [0, 0.05) is 10.5 Å². The van der Waals surface area contributed by atoms with Gasteiger partial charge in [0.15, 0.2) is 0 Å². The number of rotatable bonds is 4. The molecule has 0 aliphatic rings. The maximum atomic E-state index is 5.97. The van der Waals surface area contributed by atoms with Crippen molar-refractivity contribution in [3.05, 3.63) is 40.5 Å². The minimum absolute atomic E-state index is 0.693. The second-order valence-corrected chi connectivity index (χ2v) is 4.97. The van der Waals surface area contributed by atoms with Crippen LogP contribution in [-0.2, 0) is 6.42 Å². The van der Waals surface area contributed by atoms with Gasteiger partial charge in [0.05, 0.1) is 11.4 Å². The van der Waals surface area contributed by atoms with Gasteiger partial charge in [0.2, 0.25) is 0 Å². The Morgan fingerprint density at radius 3 is 2.65 bits per heavy atom. The quantitative estimate of drug-likeness (QED) is 0.937. The maximum Gasteiger partial charge on any atom is 0.127 e. The predicted molar refractivity (Wildman–Crippen MR) is 74.3 cm³/mol. The average Bonchev–Trinajstić information content (AvgIpc) is 2.69. The zero-order valence-electron chi connectivity index (χ0n) is 9.86. The Labute approximate surface area is 110 Å². The molecule has 0 aliphatic carbocycles.